The van der Waals surface area contributed by atoms with Crippen molar-refractivity contribution in [2.24, 2.45) is 0 Å². The Morgan fingerprint density at radius 3 is 2.92 bits per heavy atom. The molecule has 0 saturated heterocycles. The highest BCUT2D eigenvalue weighted by Gasteiger charge is 2.20. The quantitative estimate of drug-likeness (QED) is 0.508. The number of halogens is 1. The highest BCUT2D eigenvalue weighted by molar-refractivity contribution is 8.00. The molecule has 1 unspecified atom stereocenters. The summed E-state index contributed by atoms with van der Waals surface area (Å²) in [7, 11) is 0. The van der Waals surface area contributed by atoms with Gasteiger partial charge in [-0.15, -0.1) is 21.5 Å². The predicted octanol–water partition coefficient (Wildman–Crippen LogP) is 3.80. The smallest absolute Gasteiger partial charge is 0.237 e. The molecule has 2 heterocycles. The molecule has 130 valence electrons. The van der Waals surface area contributed by atoms with Gasteiger partial charge in [-0.25, -0.2) is 4.68 Å². The second-order valence-corrected chi connectivity index (χ2v) is 8.05. The van der Waals surface area contributed by atoms with Crippen molar-refractivity contribution in [2.75, 3.05) is 11.2 Å². The summed E-state index contributed by atoms with van der Waals surface area (Å²) in [5, 5.41) is 13.7. The standard InChI is InChI=1S/C16H16ClN5OS2/c1-9-5-6-11(17)8-12(9)19-15(23)10(2)25-16-21-20-14(22(16)18)13-4-3-7-24-13/h3-8,10H,18H2,1-2H3,(H,19,23). The number of nitrogens with zero attached hydrogens (tertiary/aromatic N) is 3. The van der Waals surface area contributed by atoms with Crippen LogP contribution >= 0.6 is 34.7 Å². The first-order chi connectivity index (χ1) is 12.0. The van der Waals surface area contributed by atoms with E-state index in [0.717, 1.165) is 10.4 Å². The number of hydrogen-bond acceptors (Lipinski definition) is 6. The van der Waals surface area contributed by atoms with Crippen LogP contribution in [0, 0.1) is 6.92 Å². The van der Waals surface area contributed by atoms with Gasteiger partial charge in [-0.3, -0.25) is 4.79 Å². The molecule has 0 aliphatic carbocycles. The Labute approximate surface area is 158 Å². The maximum atomic E-state index is 12.5. The molecule has 0 radical (unpaired) electrons. The van der Waals surface area contributed by atoms with E-state index in [4.69, 9.17) is 17.4 Å². The predicted molar refractivity (Wildman–Crippen MR) is 104 cm³/mol. The molecule has 3 rings (SSSR count). The number of thiophene rings is 1. The topological polar surface area (TPSA) is 85.8 Å². The van der Waals surface area contributed by atoms with Crippen LogP contribution in [0.5, 0.6) is 0 Å². The number of nitrogens with one attached hydrogen (secondary N) is 1. The first kappa shape index (κ1) is 17.8. The highest BCUT2D eigenvalue weighted by Crippen LogP contribution is 2.28. The number of carbonyl (C=O) groups is 1. The van der Waals surface area contributed by atoms with Crippen LogP contribution in [0.25, 0.3) is 10.7 Å². The minimum Gasteiger partial charge on any atom is -0.335 e. The second-order valence-electron chi connectivity index (χ2n) is 5.36. The first-order valence-electron chi connectivity index (χ1n) is 7.43. The molecular formula is C16H16ClN5OS2. The average Bonchev–Trinajstić information content (AvgIpc) is 3.21. The van der Waals surface area contributed by atoms with Crippen molar-refractivity contribution in [2.45, 2.75) is 24.3 Å². The van der Waals surface area contributed by atoms with Gasteiger partial charge in [0.05, 0.1) is 10.1 Å². The molecule has 0 saturated carbocycles. The molecule has 0 fully saturated rings. The lowest BCUT2D eigenvalue weighted by atomic mass is 10.2. The van der Waals surface area contributed by atoms with E-state index in [2.05, 4.69) is 15.5 Å². The molecule has 3 N–H and O–H groups in total. The van der Waals surface area contributed by atoms with Crippen LogP contribution in [0.15, 0.2) is 40.9 Å². The molecule has 0 spiro atoms. The van der Waals surface area contributed by atoms with Crippen molar-refractivity contribution in [1.29, 1.82) is 0 Å². The molecule has 1 amide bonds. The van der Waals surface area contributed by atoms with Gasteiger partial charge in [0.15, 0.2) is 5.82 Å². The van der Waals surface area contributed by atoms with E-state index < -0.39 is 5.25 Å². The number of carbonyl (C=O) groups excluding carboxylic acids is 1. The maximum absolute atomic E-state index is 12.5. The lowest BCUT2D eigenvalue weighted by molar-refractivity contribution is -0.115. The molecule has 1 aromatic carbocycles. The lowest BCUT2D eigenvalue weighted by Crippen LogP contribution is -2.24. The summed E-state index contributed by atoms with van der Waals surface area (Å²) in [6, 6.07) is 9.22. The Bertz CT molecular complexity index is 894. The molecule has 9 heteroatoms. The van der Waals surface area contributed by atoms with Crippen LogP contribution in [0.1, 0.15) is 12.5 Å². The van der Waals surface area contributed by atoms with Gasteiger partial charge in [0.1, 0.15) is 0 Å². The van der Waals surface area contributed by atoms with Gasteiger partial charge in [-0.1, -0.05) is 35.5 Å². The van der Waals surface area contributed by atoms with E-state index in [1.807, 2.05) is 30.5 Å². The van der Waals surface area contributed by atoms with Crippen molar-refractivity contribution in [3.63, 3.8) is 0 Å². The van der Waals surface area contributed by atoms with Crippen LogP contribution in [0.3, 0.4) is 0 Å². The Balaban J connectivity index is 1.71. The summed E-state index contributed by atoms with van der Waals surface area (Å²) < 4.78 is 1.41. The van der Waals surface area contributed by atoms with Gasteiger partial charge < -0.3 is 11.2 Å². The van der Waals surface area contributed by atoms with Gasteiger partial charge in [0.25, 0.3) is 0 Å². The van der Waals surface area contributed by atoms with Crippen LogP contribution < -0.4 is 11.2 Å². The molecule has 0 aliphatic rings. The zero-order chi connectivity index (χ0) is 18.0. The number of thioether (sulfide) groups is 1. The van der Waals surface area contributed by atoms with Crippen LogP contribution in [0.2, 0.25) is 5.02 Å². The Hall–Kier alpha value is -2.03. The minimum absolute atomic E-state index is 0.156. The molecule has 6 nitrogen and oxygen atoms in total. The number of anilines is 1. The summed E-state index contributed by atoms with van der Waals surface area (Å²) in [5.74, 6) is 6.49. The number of nitrogen functional groups attached to an aromatic ring is 1. The summed E-state index contributed by atoms with van der Waals surface area (Å²) >= 11 is 8.77. The summed E-state index contributed by atoms with van der Waals surface area (Å²) in [6.07, 6.45) is 0. The molecule has 2 aromatic heterocycles. The van der Waals surface area contributed by atoms with Crippen molar-refractivity contribution >= 4 is 46.3 Å². The van der Waals surface area contributed by atoms with Crippen molar-refractivity contribution in [3.05, 3.63) is 46.3 Å². The first-order valence-corrected chi connectivity index (χ1v) is 9.57. The molecule has 0 aliphatic heterocycles. The number of hydrogen-bond donors (Lipinski definition) is 2. The van der Waals surface area contributed by atoms with Crippen LogP contribution in [-0.4, -0.2) is 26.0 Å². The second kappa shape index (κ2) is 7.47. The zero-order valence-electron chi connectivity index (χ0n) is 13.6. The third-order valence-electron chi connectivity index (χ3n) is 3.51. The summed E-state index contributed by atoms with van der Waals surface area (Å²) in [5.41, 5.74) is 1.63. The molecule has 3 aromatic rings. The van der Waals surface area contributed by atoms with Gasteiger partial charge in [0.2, 0.25) is 11.1 Å². The van der Waals surface area contributed by atoms with E-state index in [0.29, 0.717) is 21.7 Å². The summed E-state index contributed by atoms with van der Waals surface area (Å²) in [4.78, 5) is 13.4. The largest absolute Gasteiger partial charge is 0.335 e. The van der Waals surface area contributed by atoms with E-state index in [1.54, 1.807) is 19.1 Å². The number of amides is 1. The van der Waals surface area contributed by atoms with Crippen LogP contribution in [0.4, 0.5) is 5.69 Å². The zero-order valence-corrected chi connectivity index (χ0v) is 16.0. The Kier molecular flexibility index (Phi) is 5.31. The molecule has 25 heavy (non-hydrogen) atoms. The SMILES string of the molecule is Cc1ccc(Cl)cc1NC(=O)C(C)Sc1nnc(-c2cccs2)n1N. The minimum atomic E-state index is -0.402. The Morgan fingerprint density at radius 2 is 2.20 bits per heavy atom. The van der Waals surface area contributed by atoms with Gasteiger partial charge in [0, 0.05) is 10.7 Å². The number of aromatic nitrogens is 3. The average molecular weight is 394 g/mol. The third kappa shape index (κ3) is 3.97. The number of benzene rings is 1. The van der Waals surface area contributed by atoms with E-state index in [-0.39, 0.29) is 5.91 Å². The lowest BCUT2D eigenvalue weighted by Gasteiger charge is -2.13. The highest BCUT2D eigenvalue weighted by atomic mass is 35.5. The fourth-order valence-electron chi connectivity index (χ4n) is 2.11. The van der Waals surface area contributed by atoms with E-state index >= 15 is 0 Å². The van der Waals surface area contributed by atoms with Gasteiger partial charge >= 0.3 is 0 Å². The maximum Gasteiger partial charge on any atom is 0.237 e. The molecule has 1 atom stereocenters. The third-order valence-corrected chi connectivity index (χ3v) is 5.67. The van der Waals surface area contributed by atoms with E-state index in [1.165, 1.54) is 27.8 Å². The fraction of sp³-hybridized carbons (Fsp3) is 0.188. The van der Waals surface area contributed by atoms with Crippen LogP contribution in [-0.2, 0) is 4.79 Å². The molecular weight excluding hydrogens is 378 g/mol. The van der Waals surface area contributed by atoms with Crippen molar-refractivity contribution in [3.8, 4) is 10.7 Å². The Morgan fingerprint density at radius 1 is 1.40 bits per heavy atom. The monoisotopic (exact) mass is 393 g/mol. The number of aryl methyl sites for hydroxylation is 1. The summed E-state index contributed by atoms with van der Waals surface area (Å²) in [6.45, 7) is 3.70. The van der Waals surface area contributed by atoms with Gasteiger partial charge in [-0.05, 0) is 43.0 Å². The van der Waals surface area contributed by atoms with Crippen molar-refractivity contribution in [1.82, 2.24) is 14.9 Å². The number of rotatable bonds is 5. The number of nitrogens with two attached hydrogens (primary N) is 1. The van der Waals surface area contributed by atoms with Crippen molar-refractivity contribution < 1.29 is 4.79 Å². The van der Waals surface area contributed by atoms with E-state index in [9.17, 15) is 4.79 Å². The fourth-order valence-corrected chi connectivity index (χ4v) is 3.75. The van der Waals surface area contributed by atoms with Gasteiger partial charge in [-0.2, -0.15) is 0 Å². The molecule has 0 bridgehead atoms. The normalized spacial score (nSPS) is 12.1.